The summed E-state index contributed by atoms with van der Waals surface area (Å²) in [6.07, 6.45) is 0. The second-order valence-electron chi connectivity index (χ2n) is 2.60. The van der Waals surface area contributed by atoms with Gasteiger partial charge in [0.05, 0.1) is 0 Å². The lowest BCUT2D eigenvalue weighted by Gasteiger charge is -2.09. The van der Waals surface area contributed by atoms with Gasteiger partial charge < -0.3 is 9.84 Å². The molecule has 1 aliphatic heterocycles. The molecule has 0 unspecified atom stereocenters. The van der Waals surface area contributed by atoms with Crippen molar-refractivity contribution in [3.05, 3.63) is 10.1 Å². The van der Waals surface area contributed by atoms with Gasteiger partial charge in [0.2, 0.25) is 15.3 Å². The maximum absolute atomic E-state index is 11.3. The molecule has 84 valence electrons. The van der Waals surface area contributed by atoms with Crippen molar-refractivity contribution in [1.29, 1.82) is 0 Å². The molecule has 0 radical (unpaired) electrons. The molecule has 1 atom stereocenters. The Labute approximate surface area is 94.3 Å². The lowest BCUT2D eigenvalue weighted by Crippen LogP contribution is -2.28. The SMILES string of the molecule is O=C(O)CS(=O)(=O)[C@H]1OC(=O)C(Cl)=C1Cl. The molecule has 0 spiro atoms. The summed E-state index contributed by atoms with van der Waals surface area (Å²) in [6.45, 7) is 0. The summed E-state index contributed by atoms with van der Waals surface area (Å²) in [7, 11) is -4.19. The van der Waals surface area contributed by atoms with Crippen LogP contribution in [-0.4, -0.2) is 36.7 Å². The smallest absolute Gasteiger partial charge is 0.352 e. The first-order chi connectivity index (χ1) is 6.75. The quantitative estimate of drug-likeness (QED) is 0.731. The molecule has 0 aromatic carbocycles. The van der Waals surface area contributed by atoms with E-state index < -0.39 is 43.0 Å². The lowest BCUT2D eigenvalue weighted by atomic mass is 10.5. The van der Waals surface area contributed by atoms with E-state index in [4.69, 9.17) is 28.3 Å². The fourth-order valence-electron chi connectivity index (χ4n) is 0.880. The predicted octanol–water partition coefficient (Wildman–Crippen LogP) is 0.0579. The topological polar surface area (TPSA) is 97.7 Å². The molecule has 0 saturated heterocycles. The van der Waals surface area contributed by atoms with E-state index in [1.807, 2.05) is 0 Å². The summed E-state index contributed by atoms with van der Waals surface area (Å²) >= 11 is 10.7. The van der Waals surface area contributed by atoms with Crippen LogP contribution in [0.2, 0.25) is 0 Å². The van der Waals surface area contributed by atoms with Gasteiger partial charge in [-0.1, -0.05) is 23.2 Å². The number of ether oxygens (including phenoxy) is 1. The maximum Gasteiger partial charge on any atom is 0.352 e. The van der Waals surface area contributed by atoms with E-state index in [9.17, 15) is 18.0 Å². The fourth-order valence-corrected chi connectivity index (χ4v) is 2.78. The highest BCUT2D eigenvalue weighted by molar-refractivity contribution is 7.92. The first kappa shape index (κ1) is 12.3. The number of halogens is 2. The zero-order valence-corrected chi connectivity index (χ0v) is 9.27. The molecule has 0 aromatic heterocycles. The molecule has 1 N–H and O–H groups in total. The van der Waals surface area contributed by atoms with Crippen molar-refractivity contribution in [2.75, 3.05) is 5.75 Å². The molecule has 15 heavy (non-hydrogen) atoms. The third-order valence-electron chi connectivity index (χ3n) is 1.46. The highest BCUT2D eigenvalue weighted by atomic mass is 35.5. The molecule has 0 aromatic rings. The third-order valence-corrected chi connectivity index (χ3v) is 4.07. The molecule has 0 fully saturated rings. The van der Waals surface area contributed by atoms with Crippen molar-refractivity contribution in [2.24, 2.45) is 0 Å². The van der Waals surface area contributed by atoms with Crippen LogP contribution in [0.25, 0.3) is 0 Å². The van der Waals surface area contributed by atoms with E-state index in [1.54, 1.807) is 0 Å². The molecule has 9 heteroatoms. The number of cyclic esters (lactones) is 1. The minimum atomic E-state index is -4.19. The van der Waals surface area contributed by atoms with Crippen molar-refractivity contribution in [3.8, 4) is 0 Å². The van der Waals surface area contributed by atoms with Crippen LogP contribution in [0, 0.1) is 0 Å². The number of sulfone groups is 1. The first-order valence-electron chi connectivity index (χ1n) is 3.45. The Morgan fingerprint density at radius 1 is 1.47 bits per heavy atom. The van der Waals surface area contributed by atoms with Gasteiger partial charge in [0.15, 0.2) is 5.75 Å². The Balaban J connectivity index is 3.03. The number of hydrogen-bond donors (Lipinski definition) is 1. The van der Waals surface area contributed by atoms with Crippen LogP contribution in [0.4, 0.5) is 0 Å². The van der Waals surface area contributed by atoms with E-state index in [0.29, 0.717) is 0 Å². The average Bonchev–Trinajstić information content (AvgIpc) is 2.31. The average molecular weight is 275 g/mol. The third kappa shape index (κ3) is 2.42. The van der Waals surface area contributed by atoms with E-state index in [0.717, 1.165) is 0 Å². The van der Waals surface area contributed by atoms with Crippen molar-refractivity contribution in [2.45, 2.75) is 5.44 Å². The Morgan fingerprint density at radius 3 is 2.33 bits per heavy atom. The molecule has 1 aliphatic rings. The van der Waals surface area contributed by atoms with E-state index >= 15 is 0 Å². The number of carbonyl (C=O) groups is 2. The Kier molecular flexibility index (Phi) is 3.27. The molecular weight excluding hydrogens is 271 g/mol. The van der Waals surface area contributed by atoms with Crippen LogP contribution < -0.4 is 0 Å². The van der Waals surface area contributed by atoms with Crippen LogP contribution in [-0.2, 0) is 24.2 Å². The molecule has 0 aliphatic carbocycles. The summed E-state index contributed by atoms with van der Waals surface area (Å²) in [6, 6.07) is 0. The van der Waals surface area contributed by atoms with Gasteiger partial charge in [-0.05, 0) is 0 Å². The van der Waals surface area contributed by atoms with Gasteiger partial charge in [-0.2, -0.15) is 0 Å². The summed E-state index contributed by atoms with van der Waals surface area (Å²) in [4.78, 5) is 21.0. The summed E-state index contributed by atoms with van der Waals surface area (Å²) < 4.78 is 26.9. The van der Waals surface area contributed by atoms with Gasteiger partial charge in [0, 0.05) is 0 Å². The van der Waals surface area contributed by atoms with Gasteiger partial charge in [0.25, 0.3) is 0 Å². The molecular formula is C6H4Cl2O6S. The van der Waals surface area contributed by atoms with Gasteiger partial charge in [0.1, 0.15) is 10.1 Å². The Hall–Kier alpha value is -0.790. The van der Waals surface area contributed by atoms with Crippen LogP contribution in [0.15, 0.2) is 10.1 Å². The zero-order valence-electron chi connectivity index (χ0n) is 6.94. The van der Waals surface area contributed by atoms with Gasteiger partial charge in [-0.15, -0.1) is 0 Å². The van der Waals surface area contributed by atoms with E-state index in [1.165, 1.54) is 0 Å². The number of carbonyl (C=O) groups excluding carboxylic acids is 1. The normalized spacial score (nSPS) is 21.7. The van der Waals surface area contributed by atoms with Gasteiger partial charge in [-0.25, -0.2) is 13.2 Å². The van der Waals surface area contributed by atoms with Crippen molar-refractivity contribution in [1.82, 2.24) is 0 Å². The standard InChI is InChI=1S/C6H4Cl2O6S/c7-3-4(8)6(14-5(3)11)15(12,13)1-2(9)10/h6H,1H2,(H,9,10)/t6-/m1/s1. The van der Waals surface area contributed by atoms with E-state index in [2.05, 4.69) is 4.74 Å². The molecule has 0 bridgehead atoms. The highest BCUT2D eigenvalue weighted by Gasteiger charge is 2.42. The first-order valence-corrected chi connectivity index (χ1v) is 5.92. The fraction of sp³-hybridized carbons (Fsp3) is 0.333. The van der Waals surface area contributed by atoms with E-state index in [-0.39, 0.29) is 0 Å². The number of carboxylic acid groups (broad SMARTS) is 1. The van der Waals surface area contributed by atoms with Gasteiger partial charge >= 0.3 is 11.9 Å². The van der Waals surface area contributed by atoms with Crippen LogP contribution >= 0.6 is 23.2 Å². The molecule has 0 amide bonds. The number of esters is 1. The number of rotatable bonds is 3. The minimum absolute atomic E-state index is 0.511. The largest absolute Gasteiger partial charge is 0.480 e. The second-order valence-corrected chi connectivity index (χ2v) is 5.43. The van der Waals surface area contributed by atoms with Crippen molar-refractivity contribution < 1.29 is 27.9 Å². The number of hydrogen-bond acceptors (Lipinski definition) is 5. The Bertz CT molecular complexity index is 450. The van der Waals surface area contributed by atoms with Crippen molar-refractivity contribution >= 4 is 45.0 Å². The molecule has 6 nitrogen and oxygen atoms in total. The maximum atomic E-state index is 11.3. The molecule has 1 heterocycles. The zero-order chi connectivity index (χ0) is 11.8. The lowest BCUT2D eigenvalue weighted by molar-refractivity contribution is -0.137. The Morgan fingerprint density at radius 2 is 2.00 bits per heavy atom. The summed E-state index contributed by atoms with van der Waals surface area (Å²) in [5.74, 6) is -3.84. The minimum Gasteiger partial charge on any atom is -0.480 e. The monoisotopic (exact) mass is 274 g/mol. The van der Waals surface area contributed by atoms with Crippen LogP contribution in [0.1, 0.15) is 0 Å². The van der Waals surface area contributed by atoms with Crippen LogP contribution in [0.3, 0.4) is 0 Å². The van der Waals surface area contributed by atoms with Gasteiger partial charge in [-0.3, -0.25) is 4.79 Å². The summed E-state index contributed by atoms with van der Waals surface area (Å²) in [5.41, 5.74) is -1.81. The number of carboxylic acids is 1. The highest BCUT2D eigenvalue weighted by Crippen LogP contribution is 2.31. The summed E-state index contributed by atoms with van der Waals surface area (Å²) in [5, 5.41) is 7.26. The van der Waals surface area contributed by atoms with Crippen LogP contribution in [0.5, 0.6) is 0 Å². The van der Waals surface area contributed by atoms with Crippen molar-refractivity contribution in [3.63, 3.8) is 0 Å². The number of aliphatic carboxylic acids is 1. The predicted molar refractivity (Wildman–Crippen MR) is 50.0 cm³/mol. The molecule has 1 rings (SSSR count). The second kappa shape index (κ2) is 3.99. The molecule has 0 saturated carbocycles.